The van der Waals surface area contributed by atoms with Crippen LogP contribution in [0.4, 0.5) is 0 Å². The van der Waals surface area contributed by atoms with Crippen LogP contribution < -0.4 is 5.32 Å². The first-order valence-corrected chi connectivity index (χ1v) is 8.20. The van der Waals surface area contributed by atoms with Crippen molar-refractivity contribution < 1.29 is 0 Å². The average molecular weight is 328 g/mol. The number of hydrogen-bond acceptors (Lipinski definition) is 1. The van der Waals surface area contributed by atoms with Gasteiger partial charge in [0.1, 0.15) is 0 Å². The van der Waals surface area contributed by atoms with Gasteiger partial charge >= 0.3 is 0 Å². The number of aryl methyl sites for hydroxylation is 1. The second-order valence-electron chi connectivity index (χ2n) is 5.96. The van der Waals surface area contributed by atoms with Crippen molar-refractivity contribution in [1.29, 1.82) is 0 Å². The molecule has 3 atom stereocenters. The Balaban J connectivity index is 1.46. The molecular weight excluding hydrogens is 310 g/mol. The van der Waals surface area contributed by atoms with Crippen LogP contribution in [0.15, 0.2) is 53.0 Å². The molecule has 20 heavy (non-hydrogen) atoms. The molecule has 0 aromatic heterocycles. The van der Waals surface area contributed by atoms with Crippen LogP contribution in [-0.4, -0.2) is 6.04 Å². The van der Waals surface area contributed by atoms with E-state index in [4.69, 9.17) is 0 Å². The molecule has 0 saturated heterocycles. The summed E-state index contributed by atoms with van der Waals surface area (Å²) in [5.74, 6) is 0.718. The van der Waals surface area contributed by atoms with Crippen LogP contribution in [0.5, 0.6) is 0 Å². The number of hydrogen-bond donors (Lipinski definition) is 1. The van der Waals surface area contributed by atoms with Gasteiger partial charge in [0.05, 0.1) is 0 Å². The SMILES string of the molecule is Brc1ccc2c(c1)CCC2NC1CC1c1ccccc1. The number of fused-ring (bicyclic) bond motifs is 1. The third-order valence-corrected chi connectivity index (χ3v) is 5.11. The molecule has 0 radical (unpaired) electrons. The summed E-state index contributed by atoms with van der Waals surface area (Å²) < 4.78 is 1.20. The lowest BCUT2D eigenvalue weighted by Gasteiger charge is -2.14. The van der Waals surface area contributed by atoms with E-state index in [0.29, 0.717) is 12.1 Å². The normalized spacial score (nSPS) is 27.4. The molecule has 102 valence electrons. The first kappa shape index (κ1) is 12.6. The molecule has 0 amide bonds. The quantitative estimate of drug-likeness (QED) is 0.869. The van der Waals surface area contributed by atoms with E-state index in [-0.39, 0.29) is 0 Å². The molecule has 2 aromatic rings. The highest BCUT2D eigenvalue weighted by Crippen LogP contribution is 2.44. The zero-order chi connectivity index (χ0) is 13.5. The highest BCUT2D eigenvalue weighted by molar-refractivity contribution is 9.10. The number of benzene rings is 2. The maximum Gasteiger partial charge on any atom is 0.0328 e. The fourth-order valence-corrected chi connectivity index (χ4v) is 3.87. The van der Waals surface area contributed by atoms with Gasteiger partial charge in [0, 0.05) is 22.5 Å². The van der Waals surface area contributed by atoms with Gasteiger partial charge in [-0.2, -0.15) is 0 Å². The molecule has 1 fully saturated rings. The Hall–Kier alpha value is -1.12. The van der Waals surface area contributed by atoms with Crippen LogP contribution in [-0.2, 0) is 6.42 Å². The van der Waals surface area contributed by atoms with E-state index in [2.05, 4.69) is 69.8 Å². The predicted molar refractivity (Wildman–Crippen MR) is 85.9 cm³/mol. The Morgan fingerprint density at radius 3 is 2.75 bits per heavy atom. The van der Waals surface area contributed by atoms with Gasteiger partial charge < -0.3 is 5.32 Å². The molecule has 1 nitrogen and oxygen atoms in total. The summed E-state index contributed by atoms with van der Waals surface area (Å²) >= 11 is 3.57. The summed E-state index contributed by atoms with van der Waals surface area (Å²) in [6, 6.07) is 18.8. The zero-order valence-corrected chi connectivity index (χ0v) is 12.9. The molecule has 3 unspecified atom stereocenters. The van der Waals surface area contributed by atoms with Gasteiger partial charge in [-0.15, -0.1) is 0 Å². The van der Waals surface area contributed by atoms with E-state index < -0.39 is 0 Å². The van der Waals surface area contributed by atoms with Crippen molar-refractivity contribution in [3.8, 4) is 0 Å². The molecule has 1 N–H and O–H groups in total. The van der Waals surface area contributed by atoms with Crippen molar-refractivity contribution in [2.75, 3.05) is 0 Å². The Kier molecular flexibility index (Phi) is 3.16. The second kappa shape index (κ2) is 5.01. The minimum atomic E-state index is 0.553. The molecule has 2 aliphatic carbocycles. The number of halogens is 1. The topological polar surface area (TPSA) is 12.0 Å². The molecule has 0 aliphatic heterocycles. The summed E-state index contributed by atoms with van der Waals surface area (Å²) in [5, 5.41) is 3.86. The third kappa shape index (κ3) is 2.32. The Morgan fingerprint density at radius 1 is 1.05 bits per heavy atom. The van der Waals surface area contributed by atoms with Gasteiger partial charge in [-0.25, -0.2) is 0 Å². The minimum Gasteiger partial charge on any atom is -0.307 e. The van der Waals surface area contributed by atoms with Crippen LogP contribution in [0.1, 0.15) is 41.5 Å². The van der Waals surface area contributed by atoms with E-state index in [1.807, 2.05) is 0 Å². The lowest BCUT2D eigenvalue weighted by atomic mass is 10.1. The molecule has 0 heterocycles. The van der Waals surface area contributed by atoms with Crippen molar-refractivity contribution in [3.63, 3.8) is 0 Å². The standard InChI is InChI=1S/C18H18BrN/c19-14-7-8-15-13(10-14)6-9-17(15)20-18-11-16(18)12-4-2-1-3-5-12/h1-5,7-8,10,16-18,20H,6,9,11H2. The fraction of sp³-hybridized carbons (Fsp3) is 0.333. The van der Waals surface area contributed by atoms with Crippen LogP contribution in [0.25, 0.3) is 0 Å². The first-order chi connectivity index (χ1) is 9.81. The van der Waals surface area contributed by atoms with E-state index >= 15 is 0 Å². The summed E-state index contributed by atoms with van der Waals surface area (Å²) in [5.41, 5.74) is 4.50. The van der Waals surface area contributed by atoms with Gasteiger partial charge in [-0.1, -0.05) is 52.3 Å². The summed E-state index contributed by atoms with van der Waals surface area (Å²) in [6.07, 6.45) is 3.73. The lowest BCUT2D eigenvalue weighted by molar-refractivity contribution is 0.521. The molecule has 0 spiro atoms. The summed E-state index contributed by atoms with van der Waals surface area (Å²) in [6.45, 7) is 0. The van der Waals surface area contributed by atoms with Crippen molar-refractivity contribution in [3.05, 3.63) is 69.7 Å². The van der Waals surface area contributed by atoms with E-state index in [0.717, 1.165) is 5.92 Å². The smallest absolute Gasteiger partial charge is 0.0328 e. The van der Waals surface area contributed by atoms with Gasteiger partial charge in [-0.05, 0) is 48.1 Å². The highest BCUT2D eigenvalue weighted by atomic mass is 79.9. The van der Waals surface area contributed by atoms with Crippen molar-refractivity contribution in [1.82, 2.24) is 5.32 Å². The van der Waals surface area contributed by atoms with Crippen molar-refractivity contribution in [2.24, 2.45) is 0 Å². The highest BCUT2D eigenvalue weighted by Gasteiger charge is 2.40. The zero-order valence-electron chi connectivity index (χ0n) is 11.4. The van der Waals surface area contributed by atoms with E-state index in [1.165, 1.54) is 40.4 Å². The van der Waals surface area contributed by atoms with Crippen LogP contribution in [0, 0.1) is 0 Å². The number of rotatable bonds is 3. The van der Waals surface area contributed by atoms with Crippen LogP contribution in [0.3, 0.4) is 0 Å². The largest absolute Gasteiger partial charge is 0.307 e. The van der Waals surface area contributed by atoms with Gasteiger partial charge in [-0.3, -0.25) is 0 Å². The number of nitrogens with one attached hydrogen (secondary N) is 1. The molecule has 2 aliphatic rings. The van der Waals surface area contributed by atoms with Gasteiger partial charge in [0.2, 0.25) is 0 Å². The molecule has 1 saturated carbocycles. The van der Waals surface area contributed by atoms with E-state index in [9.17, 15) is 0 Å². The average Bonchev–Trinajstić information content (AvgIpc) is 3.13. The van der Waals surface area contributed by atoms with Crippen molar-refractivity contribution >= 4 is 15.9 Å². The first-order valence-electron chi connectivity index (χ1n) is 7.40. The van der Waals surface area contributed by atoms with Crippen LogP contribution in [0.2, 0.25) is 0 Å². The molecule has 2 aromatic carbocycles. The van der Waals surface area contributed by atoms with Gasteiger partial charge in [0.25, 0.3) is 0 Å². The monoisotopic (exact) mass is 327 g/mol. The van der Waals surface area contributed by atoms with Crippen LogP contribution >= 0.6 is 15.9 Å². The molecule has 2 heteroatoms. The third-order valence-electron chi connectivity index (χ3n) is 4.62. The second-order valence-corrected chi connectivity index (χ2v) is 6.88. The fourth-order valence-electron chi connectivity index (χ4n) is 3.47. The van der Waals surface area contributed by atoms with E-state index in [1.54, 1.807) is 0 Å². The maximum absolute atomic E-state index is 3.86. The lowest BCUT2D eigenvalue weighted by Crippen LogP contribution is -2.22. The molecular formula is C18H18BrN. The predicted octanol–water partition coefficient (Wildman–Crippen LogP) is 4.58. The maximum atomic E-state index is 3.86. The molecule has 0 bridgehead atoms. The van der Waals surface area contributed by atoms with Gasteiger partial charge in [0.15, 0.2) is 0 Å². The summed E-state index contributed by atoms with van der Waals surface area (Å²) in [4.78, 5) is 0. The Bertz CT molecular complexity index is 623. The Labute approximate surface area is 128 Å². The summed E-state index contributed by atoms with van der Waals surface area (Å²) in [7, 11) is 0. The molecule has 4 rings (SSSR count). The minimum absolute atomic E-state index is 0.553. The Morgan fingerprint density at radius 2 is 1.90 bits per heavy atom. The van der Waals surface area contributed by atoms with Crippen molar-refractivity contribution in [2.45, 2.75) is 37.3 Å².